The Morgan fingerprint density at radius 2 is 1.57 bits per heavy atom. The van der Waals surface area contributed by atoms with E-state index in [4.69, 9.17) is 23.2 Å². The van der Waals surface area contributed by atoms with Crippen LogP contribution in [0.15, 0.2) is 53.4 Å². The smallest absolute Gasteiger partial charge is 0.243 e. The van der Waals surface area contributed by atoms with Gasteiger partial charge in [-0.25, -0.2) is 8.42 Å². The maximum absolute atomic E-state index is 13.1. The number of carbonyl (C=O) groups is 1. The SMILES string of the molecule is CCC[C@H](C)NC(=O)CN(Cc1ccc(Cl)cc1)S(=O)(=O)c1ccc(Cl)cc1. The van der Waals surface area contributed by atoms with E-state index in [1.807, 2.05) is 13.8 Å². The van der Waals surface area contributed by atoms with Crippen molar-refractivity contribution in [2.45, 2.75) is 44.2 Å². The van der Waals surface area contributed by atoms with Crippen LogP contribution in [0.3, 0.4) is 0 Å². The average Bonchev–Trinajstić information content (AvgIpc) is 2.63. The van der Waals surface area contributed by atoms with Gasteiger partial charge in [-0.15, -0.1) is 0 Å². The van der Waals surface area contributed by atoms with E-state index in [-0.39, 0.29) is 29.9 Å². The summed E-state index contributed by atoms with van der Waals surface area (Å²) in [5.41, 5.74) is 0.733. The van der Waals surface area contributed by atoms with Crippen LogP contribution in [0.2, 0.25) is 10.0 Å². The quantitative estimate of drug-likeness (QED) is 0.621. The van der Waals surface area contributed by atoms with E-state index in [1.165, 1.54) is 24.3 Å². The highest BCUT2D eigenvalue weighted by Crippen LogP contribution is 2.21. The molecule has 8 heteroatoms. The molecule has 0 bridgehead atoms. The van der Waals surface area contributed by atoms with E-state index in [9.17, 15) is 13.2 Å². The number of hydrogen-bond acceptors (Lipinski definition) is 3. The molecule has 0 aromatic heterocycles. The predicted molar refractivity (Wildman–Crippen MR) is 113 cm³/mol. The molecule has 2 rings (SSSR count). The van der Waals surface area contributed by atoms with E-state index in [0.29, 0.717) is 10.0 Å². The lowest BCUT2D eigenvalue weighted by Crippen LogP contribution is -2.43. The monoisotopic (exact) mass is 442 g/mol. The van der Waals surface area contributed by atoms with Gasteiger partial charge in [-0.1, -0.05) is 48.7 Å². The maximum Gasteiger partial charge on any atom is 0.243 e. The van der Waals surface area contributed by atoms with Crippen molar-refractivity contribution in [2.75, 3.05) is 6.54 Å². The van der Waals surface area contributed by atoms with Crippen molar-refractivity contribution in [3.8, 4) is 0 Å². The van der Waals surface area contributed by atoms with E-state index < -0.39 is 10.0 Å². The minimum absolute atomic E-state index is 0.0203. The fourth-order valence-corrected chi connectivity index (χ4v) is 4.40. The molecule has 0 saturated heterocycles. The Bertz CT molecular complexity index is 885. The molecule has 0 aliphatic heterocycles. The third-order valence-corrected chi connectivity index (χ3v) is 6.48. The van der Waals surface area contributed by atoms with Crippen molar-refractivity contribution >= 4 is 39.1 Å². The summed E-state index contributed by atoms with van der Waals surface area (Å²) in [5, 5.41) is 3.85. The van der Waals surface area contributed by atoms with Crippen LogP contribution in [0.1, 0.15) is 32.3 Å². The molecule has 2 aromatic rings. The molecule has 2 aromatic carbocycles. The van der Waals surface area contributed by atoms with Gasteiger partial charge in [0.15, 0.2) is 0 Å². The van der Waals surface area contributed by atoms with Crippen LogP contribution in [-0.4, -0.2) is 31.2 Å². The van der Waals surface area contributed by atoms with E-state index >= 15 is 0 Å². The second kappa shape index (κ2) is 10.3. The Balaban J connectivity index is 2.27. The minimum atomic E-state index is -3.89. The lowest BCUT2D eigenvalue weighted by atomic mass is 10.2. The molecule has 0 aliphatic rings. The summed E-state index contributed by atoms with van der Waals surface area (Å²) in [7, 11) is -3.89. The highest BCUT2D eigenvalue weighted by atomic mass is 35.5. The molecule has 1 atom stereocenters. The largest absolute Gasteiger partial charge is 0.353 e. The zero-order chi connectivity index (χ0) is 20.7. The van der Waals surface area contributed by atoms with Gasteiger partial charge in [0.2, 0.25) is 15.9 Å². The minimum Gasteiger partial charge on any atom is -0.353 e. The predicted octanol–water partition coefficient (Wildman–Crippen LogP) is 4.49. The Hall–Kier alpha value is -1.60. The standard InChI is InChI=1S/C20H24Cl2N2O3S/c1-3-4-15(2)23-20(25)14-24(13-16-5-7-17(21)8-6-16)28(26,27)19-11-9-18(22)10-12-19/h5-12,15H,3-4,13-14H2,1-2H3,(H,23,25)/t15-/m0/s1. The van der Waals surface area contributed by atoms with Crippen LogP contribution in [0.5, 0.6) is 0 Å². The molecule has 0 saturated carbocycles. The molecule has 0 spiro atoms. The summed E-state index contributed by atoms with van der Waals surface area (Å²) >= 11 is 11.8. The number of amides is 1. The van der Waals surface area contributed by atoms with Crippen molar-refractivity contribution in [3.63, 3.8) is 0 Å². The fourth-order valence-electron chi connectivity index (χ4n) is 2.76. The molecular weight excluding hydrogens is 419 g/mol. The number of nitrogens with zero attached hydrogens (tertiary/aromatic N) is 1. The first-order chi connectivity index (χ1) is 13.2. The maximum atomic E-state index is 13.1. The molecule has 152 valence electrons. The summed E-state index contributed by atoms with van der Waals surface area (Å²) in [6.45, 7) is 3.71. The van der Waals surface area contributed by atoms with Crippen LogP contribution in [-0.2, 0) is 21.4 Å². The summed E-state index contributed by atoms with van der Waals surface area (Å²) in [5.74, 6) is -0.340. The van der Waals surface area contributed by atoms with Gasteiger partial charge < -0.3 is 5.32 Å². The van der Waals surface area contributed by atoms with Crippen LogP contribution >= 0.6 is 23.2 Å². The van der Waals surface area contributed by atoms with Crippen LogP contribution in [0.25, 0.3) is 0 Å². The topological polar surface area (TPSA) is 66.5 Å². The van der Waals surface area contributed by atoms with Gasteiger partial charge >= 0.3 is 0 Å². The van der Waals surface area contributed by atoms with Gasteiger partial charge in [-0.05, 0) is 55.3 Å². The Labute approximate surface area is 176 Å². The molecule has 0 unspecified atom stereocenters. The molecule has 1 amide bonds. The van der Waals surface area contributed by atoms with Crippen LogP contribution in [0, 0.1) is 0 Å². The molecule has 1 N–H and O–H groups in total. The van der Waals surface area contributed by atoms with Gasteiger partial charge in [0.1, 0.15) is 0 Å². The van der Waals surface area contributed by atoms with Gasteiger partial charge in [-0.2, -0.15) is 4.31 Å². The molecular formula is C20H24Cl2N2O3S. The summed E-state index contributed by atoms with van der Waals surface area (Å²) in [4.78, 5) is 12.5. The molecule has 0 aliphatic carbocycles. The number of halogens is 2. The van der Waals surface area contributed by atoms with Crippen molar-refractivity contribution < 1.29 is 13.2 Å². The second-order valence-electron chi connectivity index (χ2n) is 6.61. The normalized spacial score (nSPS) is 12.8. The molecule has 0 fully saturated rings. The molecule has 5 nitrogen and oxygen atoms in total. The first-order valence-electron chi connectivity index (χ1n) is 9.02. The lowest BCUT2D eigenvalue weighted by molar-refractivity contribution is -0.122. The Morgan fingerprint density at radius 1 is 1.04 bits per heavy atom. The average molecular weight is 443 g/mol. The number of hydrogen-bond donors (Lipinski definition) is 1. The summed E-state index contributed by atoms with van der Waals surface area (Å²) in [6, 6.07) is 12.7. The van der Waals surface area contributed by atoms with Gasteiger partial charge in [0.25, 0.3) is 0 Å². The van der Waals surface area contributed by atoms with E-state index in [2.05, 4.69) is 5.32 Å². The Kier molecular flexibility index (Phi) is 8.31. The number of benzene rings is 2. The molecule has 0 heterocycles. The first-order valence-corrected chi connectivity index (χ1v) is 11.2. The highest BCUT2D eigenvalue weighted by Gasteiger charge is 2.27. The third-order valence-electron chi connectivity index (χ3n) is 4.17. The van der Waals surface area contributed by atoms with E-state index in [1.54, 1.807) is 24.3 Å². The Morgan fingerprint density at radius 3 is 2.11 bits per heavy atom. The van der Waals surface area contributed by atoms with Gasteiger partial charge in [0.05, 0.1) is 11.4 Å². The number of rotatable bonds is 9. The van der Waals surface area contributed by atoms with Crippen molar-refractivity contribution in [3.05, 3.63) is 64.1 Å². The number of carbonyl (C=O) groups excluding carboxylic acids is 1. The third kappa shape index (κ3) is 6.48. The highest BCUT2D eigenvalue weighted by molar-refractivity contribution is 7.89. The zero-order valence-corrected chi connectivity index (χ0v) is 18.2. The number of sulfonamides is 1. The van der Waals surface area contributed by atoms with Gasteiger partial charge in [0, 0.05) is 22.6 Å². The van der Waals surface area contributed by atoms with Crippen LogP contribution in [0.4, 0.5) is 0 Å². The molecule has 0 radical (unpaired) electrons. The number of nitrogens with one attached hydrogen (secondary N) is 1. The zero-order valence-electron chi connectivity index (χ0n) is 15.9. The van der Waals surface area contributed by atoms with Crippen LogP contribution < -0.4 is 5.32 Å². The van der Waals surface area contributed by atoms with Crippen molar-refractivity contribution in [1.82, 2.24) is 9.62 Å². The van der Waals surface area contributed by atoms with E-state index in [0.717, 1.165) is 22.7 Å². The van der Waals surface area contributed by atoms with Gasteiger partial charge in [-0.3, -0.25) is 4.79 Å². The summed E-state index contributed by atoms with van der Waals surface area (Å²) < 4.78 is 27.4. The second-order valence-corrected chi connectivity index (χ2v) is 9.42. The molecule has 28 heavy (non-hydrogen) atoms. The van der Waals surface area contributed by atoms with Crippen molar-refractivity contribution in [2.24, 2.45) is 0 Å². The lowest BCUT2D eigenvalue weighted by Gasteiger charge is -2.23. The first kappa shape index (κ1) is 22.7. The summed E-state index contributed by atoms with van der Waals surface area (Å²) in [6.07, 6.45) is 1.76. The van der Waals surface area contributed by atoms with Crippen molar-refractivity contribution in [1.29, 1.82) is 0 Å². The fraction of sp³-hybridized carbons (Fsp3) is 0.350.